The first-order valence-corrected chi connectivity index (χ1v) is 14.6. The minimum absolute atomic E-state index is 0.0461. The van der Waals surface area contributed by atoms with Crippen LogP contribution in [0.15, 0.2) is 60.9 Å². The molecule has 5 nitrogen and oxygen atoms in total. The molecule has 3 rings (SSSR count). The quantitative estimate of drug-likeness (QED) is 0.148. The van der Waals surface area contributed by atoms with E-state index in [4.69, 9.17) is 14.2 Å². The zero-order chi connectivity index (χ0) is 26.8. The summed E-state index contributed by atoms with van der Waals surface area (Å²) >= 11 is 0. The molecule has 38 heavy (non-hydrogen) atoms. The van der Waals surface area contributed by atoms with Crippen molar-refractivity contribution in [1.29, 1.82) is 0 Å². The molecule has 0 aliphatic heterocycles. The van der Waals surface area contributed by atoms with Crippen molar-refractivity contribution in [2.24, 2.45) is 0 Å². The fraction of sp³-hybridized carbons (Fsp3) is 0.515. The third kappa shape index (κ3) is 10.8. The van der Waals surface area contributed by atoms with E-state index in [9.17, 15) is 0 Å². The molecule has 206 valence electrons. The molecule has 0 fully saturated rings. The lowest BCUT2D eigenvalue weighted by Crippen LogP contribution is -2.18. The molecule has 2 aromatic carbocycles. The first-order chi connectivity index (χ1) is 18.7. The van der Waals surface area contributed by atoms with Crippen LogP contribution in [0.25, 0.3) is 22.5 Å². The number of unbranched alkanes of at least 4 members (excludes halogenated alkanes) is 8. The van der Waals surface area contributed by atoms with E-state index < -0.39 is 0 Å². The number of aromatic nitrogens is 2. The van der Waals surface area contributed by atoms with E-state index in [2.05, 4.69) is 72.3 Å². The summed E-state index contributed by atoms with van der Waals surface area (Å²) in [5.41, 5.74) is 3.29. The Balaban J connectivity index is 1.41. The van der Waals surface area contributed by atoms with Gasteiger partial charge in [-0.2, -0.15) is 0 Å². The molecule has 0 aliphatic rings. The van der Waals surface area contributed by atoms with E-state index in [1.54, 1.807) is 12.4 Å². The maximum absolute atomic E-state index is 5.92. The van der Waals surface area contributed by atoms with Gasteiger partial charge in [-0.25, -0.2) is 9.97 Å². The van der Waals surface area contributed by atoms with Crippen LogP contribution in [0, 0.1) is 0 Å². The summed E-state index contributed by atoms with van der Waals surface area (Å²) < 4.78 is 17.6. The Kier molecular flexibility index (Phi) is 13.7. The van der Waals surface area contributed by atoms with Crippen LogP contribution in [-0.2, 0) is 4.74 Å². The molecule has 0 spiro atoms. The highest BCUT2D eigenvalue weighted by Gasteiger charge is 2.07. The maximum Gasteiger partial charge on any atom is 0.159 e. The van der Waals surface area contributed by atoms with Crippen molar-refractivity contribution in [2.75, 3.05) is 19.8 Å². The van der Waals surface area contributed by atoms with Gasteiger partial charge in [0, 0.05) is 12.2 Å². The molecule has 3 aromatic rings. The smallest absolute Gasteiger partial charge is 0.159 e. The lowest BCUT2D eigenvalue weighted by atomic mass is 10.0. The monoisotopic (exact) mass is 518 g/mol. The Labute approximate surface area is 230 Å². The van der Waals surface area contributed by atoms with Crippen LogP contribution in [0.4, 0.5) is 0 Å². The van der Waals surface area contributed by atoms with E-state index in [-0.39, 0.29) is 6.10 Å². The van der Waals surface area contributed by atoms with Crippen LogP contribution in [-0.4, -0.2) is 35.9 Å². The van der Waals surface area contributed by atoms with Crippen molar-refractivity contribution in [3.05, 3.63) is 60.9 Å². The minimum atomic E-state index is 0.0461. The highest BCUT2D eigenvalue weighted by Crippen LogP contribution is 2.25. The lowest BCUT2D eigenvalue weighted by molar-refractivity contribution is 0.0301. The topological polar surface area (TPSA) is 53.5 Å². The van der Waals surface area contributed by atoms with Crippen LogP contribution in [0.3, 0.4) is 0 Å². The molecule has 5 heteroatoms. The summed E-state index contributed by atoms with van der Waals surface area (Å²) in [6.45, 7) is 8.57. The molecule has 1 aromatic heterocycles. The highest BCUT2D eigenvalue weighted by atomic mass is 16.5. The lowest BCUT2D eigenvalue weighted by Gasteiger charge is -2.14. The fourth-order valence-electron chi connectivity index (χ4n) is 4.24. The summed E-state index contributed by atoms with van der Waals surface area (Å²) in [6, 6.07) is 16.7. The Morgan fingerprint density at radius 2 is 1.11 bits per heavy atom. The molecule has 0 radical (unpaired) electrons. The van der Waals surface area contributed by atoms with Gasteiger partial charge in [0.05, 0.1) is 25.1 Å². The number of ether oxygens (including phenoxy) is 3. The molecule has 0 N–H and O–H groups in total. The van der Waals surface area contributed by atoms with Crippen molar-refractivity contribution in [3.63, 3.8) is 0 Å². The molecule has 1 atom stereocenters. The van der Waals surface area contributed by atoms with Crippen LogP contribution in [0.2, 0.25) is 0 Å². The third-order valence-corrected chi connectivity index (χ3v) is 6.61. The van der Waals surface area contributed by atoms with E-state index in [1.165, 1.54) is 51.4 Å². The number of rotatable bonds is 19. The van der Waals surface area contributed by atoms with Gasteiger partial charge in [-0.05, 0) is 43.0 Å². The van der Waals surface area contributed by atoms with E-state index in [0.717, 1.165) is 48.5 Å². The van der Waals surface area contributed by atoms with E-state index >= 15 is 0 Å². The van der Waals surface area contributed by atoms with Crippen LogP contribution >= 0.6 is 0 Å². The number of hydrogen-bond acceptors (Lipinski definition) is 5. The fourth-order valence-corrected chi connectivity index (χ4v) is 4.24. The number of hydrogen-bond donors (Lipinski definition) is 0. The zero-order valence-corrected chi connectivity index (χ0v) is 23.7. The van der Waals surface area contributed by atoms with Crippen molar-refractivity contribution in [1.82, 2.24) is 9.97 Å². The maximum atomic E-state index is 5.92. The molecule has 0 saturated heterocycles. The van der Waals surface area contributed by atoms with Crippen molar-refractivity contribution in [2.45, 2.75) is 91.1 Å². The molecule has 1 heterocycles. The minimum Gasteiger partial charge on any atom is -0.494 e. The van der Waals surface area contributed by atoms with Gasteiger partial charge in [0.2, 0.25) is 0 Å². The van der Waals surface area contributed by atoms with Gasteiger partial charge in [-0.15, -0.1) is 0 Å². The van der Waals surface area contributed by atoms with Gasteiger partial charge >= 0.3 is 0 Å². The highest BCUT2D eigenvalue weighted by molar-refractivity contribution is 5.68. The Morgan fingerprint density at radius 1 is 0.579 bits per heavy atom. The van der Waals surface area contributed by atoms with Gasteiger partial charge < -0.3 is 14.2 Å². The second-order valence-corrected chi connectivity index (χ2v) is 10.0. The van der Waals surface area contributed by atoms with Gasteiger partial charge in [0.25, 0.3) is 0 Å². The number of nitrogens with zero attached hydrogens (tertiary/aromatic N) is 2. The first-order valence-electron chi connectivity index (χ1n) is 14.6. The average Bonchev–Trinajstić information content (AvgIpc) is 2.96. The van der Waals surface area contributed by atoms with Crippen LogP contribution < -0.4 is 9.47 Å². The molecule has 0 bridgehead atoms. The summed E-state index contributed by atoms with van der Waals surface area (Å²) in [5, 5.41) is 0. The molecule has 0 aliphatic carbocycles. The molecule has 0 amide bonds. The van der Waals surface area contributed by atoms with Crippen molar-refractivity contribution >= 4 is 0 Å². The summed E-state index contributed by atoms with van der Waals surface area (Å²) in [7, 11) is 0. The second kappa shape index (κ2) is 17.6. The van der Waals surface area contributed by atoms with Crippen LogP contribution in [0.1, 0.15) is 85.0 Å². The van der Waals surface area contributed by atoms with Gasteiger partial charge in [-0.1, -0.05) is 102 Å². The summed E-state index contributed by atoms with van der Waals surface area (Å²) in [5.74, 6) is 2.27. The predicted octanol–water partition coefficient (Wildman–Crippen LogP) is 8.91. The first kappa shape index (κ1) is 29.6. The normalized spacial score (nSPS) is 11.9. The molecular formula is C33H46N2O3. The van der Waals surface area contributed by atoms with Crippen LogP contribution in [0.5, 0.6) is 11.5 Å². The van der Waals surface area contributed by atoms with E-state index in [1.807, 2.05) is 6.92 Å². The van der Waals surface area contributed by atoms with Gasteiger partial charge in [-0.3, -0.25) is 0 Å². The van der Waals surface area contributed by atoms with Crippen molar-refractivity contribution in [3.8, 4) is 34.0 Å². The van der Waals surface area contributed by atoms with E-state index in [0.29, 0.717) is 18.2 Å². The largest absolute Gasteiger partial charge is 0.494 e. The Morgan fingerprint density at radius 3 is 1.76 bits per heavy atom. The van der Waals surface area contributed by atoms with Crippen molar-refractivity contribution < 1.29 is 14.2 Å². The molecule has 0 saturated carbocycles. The second-order valence-electron chi connectivity index (χ2n) is 10.0. The zero-order valence-electron chi connectivity index (χ0n) is 23.7. The third-order valence-electron chi connectivity index (χ3n) is 6.61. The van der Waals surface area contributed by atoms with Gasteiger partial charge in [0.1, 0.15) is 12.4 Å². The molecule has 0 unspecified atom stereocenters. The Bertz CT molecular complexity index is 1000. The Hall–Kier alpha value is -2.92. The standard InChI is InChI=1S/C33H46N2O3/c1-4-6-8-10-11-13-23-37-31-20-18-29(19-21-31)28-14-16-30(17-15-28)33-34-24-32(25-35-33)38-26-27(3)36-22-12-9-7-5-2/h14-21,24-25,27H,4-13,22-23,26H2,1-3H3/t27-/m0/s1. The SMILES string of the molecule is CCCCCCCCOc1ccc(-c2ccc(-c3ncc(OC[C@H](C)OCCCCCC)cn3)cc2)cc1. The average molecular weight is 519 g/mol. The molecular weight excluding hydrogens is 472 g/mol. The summed E-state index contributed by atoms with van der Waals surface area (Å²) in [6.07, 6.45) is 16.0. The summed E-state index contributed by atoms with van der Waals surface area (Å²) in [4.78, 5) is 9.00. The van der Waals surface area contributed by atoms with Gasteiger partial charge in [0.15, 0.2) is 11.6 Å². The predicted molar refractivity (Wildman–Crippen MR) is 157 cm³/mol. The number of benzene rings is 2.